The van der Waals surface area contributed by atoms with E-state index in [1.54, 1.807) is 17.0 Å². The van der Waals surface area contributed by atoms with Crippen LogP contribution in [-0.4, -0.2) is 19.8 Å². The lowest BCUT2D eigenvalue weighted by Gasteiger charge is -1.87. The third-order valence-electron chi connectivity index (χ3n) is 1.75. The molecule has 11 heavy (non-hydrogen) atoms. The molecule has 0 unspecified atom stereocenters. The molecule has 2 heterocycles. The Balaban J connectivity index is 2.92. The van der Waals surface area contributed by atoms with Crippen molar-refractivity contribution in [2.24, 2.45) is 0 Å². The quantitative estimate of drug-likeness (QED) is 0.553. The molecule has 0 saturated carbocycles. The van der Waals surface area contributed by atoms with Crippen LogP contribution >= 0.6 is 0 Å². The van der Waals surface area contributed by atoms with Gasteiger partial charge in [0.25, 0.3) is 0 Å². The van der Waals surface area contributed by atoms with Gasteiger partial charge in [0.15, 0.2) is 5.65 Å². The molecule has 0 radical (unpaired) electrons. The number of fused-ring (bicyclic) bond motifs is 1. The Morgan fingerprint density at radius 1 is 1.27 bits per heavy atom. The van der Waals surface area contributed by atoms with Crippen molar-refractivity contribution in [3.05, 3.63) is 23.7 Å². The highest BCUT2D eigenvalue weighted by atomic mass is 15.4. The van der Waals surface area contributed by atoms with Crippen molar-refractivity contribution in [1.82, 2.24) is 19.8 Å². The van der Waals surface area contributed by atoms with Gasteiger partial charge in [-0.05, 0) is 13.8 Å². The van der Waals surface area contributed by atoms with Crippen LogP contribution < -0.4 is 0 Å². The normalized spacial score (nSPS) is 10.7. The van der Waals surface area contributed by atoms with Gasteiger partial charge in [0.1, 0.15) is 0 Å². The minimum absolute atomic E-state index is 0.838. The largest absolute Gasteiger partial charge is 0.234 e. The summed E-state index contributed by atoms with van der Waals surface area (Å²) in [5, 5.41) is 8.16. The number of aryl methyl sites for hydroxylation is 2. The topological polar surface area (TPSA) is 43.1 Å². The van der Waals surface area contributed by atoms with Crippen LogP contribution in [0.2, 0.25) is 0 Å². The Bertz CT molecular complexity index is 390. The molecule has 0 atom stereocenters. The van der Waals surface area contributed by atoms with Gasteiger partial charge in [0.05, 0.1) is 11.9 Å². The summed E-state index contributed by atoms with van der Waals surface area (Å²) in [6.07, 6.45) is 3.29. The molecule has 0 bridgehead atoms. The van der Waals surface area contributed by atoms with Gasteiger partial charge in [-0.1, -0.05) is 0 Å². The zero-order valence-electron chi connectivity index (χ0n) is 6.44. The smallest absolute Gasteiger partial charge is 0.179 e. The van der Waals surface area contributed by atoms with Crippen LogP contribution in [0.1, 0.15) is 11.3 Å². The van der Waals surface area contributed by atoms with E-state index >= 15 is 0 Å². The van der Waals surface area contributed by atoms with Crippen LogP contribution in [0.25, 0.3) is 5.65 Å². The summed E-state index contributed by atoms with van der Waals surface area (Å²) in [6.45, 7) is 3.94. The first-order valence-electron chi connectivity index (χ1n) is 3.42. The lowest BCUT2D eigenvalue weighted by molar-refractivity contribution is 0.772. The van der Waals surface area contributed by atoms with Crippen LogP contribution in [0, 0.1) is 13.8 Å². The van der Waals surface area contributed by atoms with E-state index in [-0.39, 0.29) is 0 Å². The highest BCUT2D eigenvalue weighted by Crippen LogP contribution is 2.08. The fourth-order valence-corrected chi connectivity index (χ4v) is 1.00. The van der Waals surface area contributed by atoms with Gasteiger partial charge in [-0.15, -0.1) is 4.63 Å². The van der Waals surface area contributed by atoms with E-state index in [4.69, 9.17) is 0 Å². The Hall–Kier alpha value is -1.45. The molecule has 2 rings (SSSR count). The van der Waals surface area contributed by atoms with Crippen molar-refractivity contribution in [3.8, 4) is 0 Å². The first-order chi connectivity index (χ1) is 5.29. The second-order valence-electron chi connectivity index (χ2n) is 2.47. The third kappa shape index (κ3) is 0.790. The van der Waals surface area contributed by atoms with E-state index in [1.807, 2.05) is 13.8 Å². The Labute approximate surface area is 63.9 Å². The van der Waals surface area contributed by atoms with Crippen molar-refractivity contribution in [2.75, 3.05) is 0 Å². The molecule has 56 valence electrons. The maximum absolute atomic E-state index is 4.16. The molecule has 0 aliphatic carbocycles. The van der Waals surface area contributed by atoms with Crippen LogP contribution in [0.4, 0.5) is 0 Å². The Morgan fingerprint density at radius 3 is 2.82 bits per heavy atom. The molecule has 4 nitrogen and oxygen atoms in total. The fourth-order valence-electron chi connectivity index (χ4n) is 1.00. The van der Waals surface area contributed by atoms with Crippen LogP contribution in [-0.2, 0) is 0 Å². The highest BCUT2D eigenvalue weighted by Gasteiger charge is 2.04. The Kier molecular flexibility index (Phi) is 1.15. The molecule has 0 amide bonds. The maximum atomic E-state index is 4.16. The Morgan fingerprint density at radius 2 is 2.09 bits per heavy atom. The van der Waals surface area contributed by atoms with Gasteiger partial charge in [0.2, 0.25) is 0 Å². The maximum Gasteiger partial charge on any atom is 0.179 e. The summed E-state index contributed by atoms with van der Waals surface area (Å²) in [5.41, 5.74) is 2.92. The number of rotatable bonds is 0. The molecule has 0 saturated heterocycles. The van der Waals surface area contributed by atoms with Crippen LogP contribution in [0.5, 0.6) is 0 Å². The molecule has 0 aliphatic heterocycles. The molecular weight excluding hydrogens is 140 g/mol. The predicted molar refractivity (Wildman–Crippen MR) is 40.3 cm³/mol. The standard InChI is InChI=1S/C7H8N4/c1-5-6(2)10-11-7(5)8-3-4-9-11/h3-4H,1-2H3. The number of aromatic nitrogens is 4. The monoisotopic (exact) mass is 148 g/mol. The summed E-state index contributed by atoms with van der Waals surface area (Å²) in [4.78, 5) is 4.14. The van der Waals surface area contributed by atoms with Crippen molar-refractivity contribution >= 4 is 5.65 Å². The summed E-state index contributed by atoms with van der Waals surface area (Å²) in [6, 6.07) is 0. The molecule has 0 aromatic carbocycles. The fraction of sp³-hybridized carbons (Fsp3) is 0.286. The minimum atomic E-state index is 0.838. The molecular formula is C7H8N4. The van der Waals surface area contributed by atoms with E-state index in [1.165, 1.54) is 0 Å². The number of hydrogen-bond acceptors (Lipinski definition) is 3. The SMILES string of the molecule is Cc1nn2nccnc2c1C. The van der Waals surface area contributed by atoms with Gasteiger partial charge in [-0.3, -0.25) is 0 Å². The van der Waals surface area contributed by atoms with E-state index in [0.717, 1.165) is 16.9 Å². The zero-order valence-corrected chi connectivity index (χ0v) is 6.44. The molecule has 0 spiro atoms. The lowest BCUT2D eigenvalue weighted by atomic mass is 10.3. The second-order valence-corrected chi connectivity index (χ2v) is 2.47. The van der Waals surface area contributed by atoms with Gasteiger partial charge in [-0.2, -0.15) is 10.2 Å². The second kappa shape index (κ2) is 2.02. The van der Waals surface area contributed by atoms with Crippen LogP contribution in [0.3, 0.4) is 0 Å². The predicted octanol–water partition coefficient (Wildman–Crippen LogP) is 0.741. The van der Waals surface area contributed by atoms with Crippen LogP contribution in [0.15, 0.2) is 12.4 Å². The molecule has 0 fully saturated rings. The summed E-state index contributed by atoms with van der Waals surface area (Å²) >= 11 is 0. The first-order valence-corrected chi connectivity index (χ1v) is 3.42. The first kappa shape index (κ1) is 6.27. The summed E-state index contributed by atoms with van der Waals surface area (Å²) in [7, 11) is 0. The molecule has 0 aliphatic rings. The van der Waals surface area contributed by atoms with Crippen molar-refractivity contribution < 1.29 is 0 Å². The molecule has 0 N–H and O–H groups in total. The van der Waals surface area contributed by atoms with Crippen molar-refractivity contribution in [1.29, 1.82) is 0 Å². The van der Waals surface area contributed by atoms with Crippen molar-refractivity contribution in [3.63, 3.8) is 0 Å². The van der Waals surface area contributed by atoms with E-state index in [0.29, 0.717) is 0 Å². The highest BCUT2D eigenvalue weighted by molar-refractivity contribution is 5.46. The minimum Gasteiger partial charge on any atom is -0.234 e. The van der Waals surface area contributed by atoms with E-state index < -0.39 is 0 Å². The number of nitrogens with zero attached hydrogens (tertiary/aromatic N) is 4. The third-order valence-corrected chi connectivity index (χ3v) is 1.75. The van der Waals surface area contributed by atoms with Gasteiger partial charge in [0, 0.05) is 11.8 Å². The van der Waals surface area contributed by atoms with Gasteiger partial charge >= 0.3 is 0 Å². The van der Waals surface area contributed by atoms with E-state index in [2.05, 4.69) is 15.2 Å². The average Bonchev–Trinajstić information content (AvgIpc) is 2.30. The molecule has 4 heteroatoms. The summed E-state index contributed by atoms with van der Waals surface area (Å²) in [5.74, 6) is 0. The van der Waals surface area contributed by atoms with E-state index in [9.17, 15) is 0 Å². The average molecular weight is 148 g/mol. The number of hydrogen-bond donors (Lipinski definition) is 0. The summed E-state index contributed by atoms with van der Waals surface area (Å²) < 4.78 is 1.55. The lowest BCUT2D eigenvalue weighted by Crippen LogP contribution is -1.93. The van der Waals surface area contributed by atoms with Gasteiger partial charge < -0.3 is 0 Å². The molecule has 2 aromatic heterocycles. The van der Waals surface area contributed by atoms with Gasteiger partial charge in [-0.25, -0.2) is 4.98 Å². The van der Waals surface area contributed by atoms with Crippen molar-refractivity contribution in [2.45, 2.75) is 13.8 Å². The molecule has 2 aromatic rings. The zero-order chi connectivity index (χ0) is 7.84.